The van der Waals surface area contributed by atoms with E-state index in [2.05, 4.69) is 91.3 Å². The van der Waals surface area contributed by atoms with Gasteiger partial charge in [0.15, 0.2) is 6.10 Å². The number of carbonyl (C=O) groups is 2. The van der Waals surface area contributed by atoms with Crippen molar-refractivity contribution in [1.82, 2.24) is 0 Å². The molecule has 0 rings (SSSR count). The molecule has 0 aromatic heterocycles. The lowest BCUT2D eigenvalue weighted by Crippen LogP contribution is -2.29. The Kier molecular flexibility index (Phi) is 38.3. The van der Waals surface area contributed by atoms with Gasteiger partial charge in [-0.15, -0.1) is 0 Å². The molecule has 3 N–H and O–H groups in total. The largest absolute Gasteiger partial charge is 0.472 e. The summed E-state index contributed by atoms with van der Waals surface area (Å²) in [6.45, 7) is 2.14. The third-order valence-corrected chi connectivity index (χ3v) is 9.25. The van der Waals surface area contributed by atoms with E-state index in [4.69, 9.17) is 19.1 Å². The van der Waals surface area contributed by atoms with Crippen LogP contribution in [0.4, 0.5) is 0 Å². The van der Waals surface area contributed by atoms with Crippen molar-refractivity contribution in [2.45, 2.75) is 161 Å². The van der Waals surface area contributed by atoms with Crippen LogP contribution in [0.2, 0.25) is 0 Å². The molecule has 0 saturated carbocycles. The van der Waals surface area contributed by atoms with Gasteiger partial charge >= 0.3 is 19.8 Å². The molecule has 0 aliphatic rings. The number of aliphatic hydroxyl groups excluding tert-OH is 2. The maximum Gasteiger partial charge on any atom is 0.472 e. The fourth-order valence-electron chi connectivity index (χ4n) is 5.07. The van der Waals surface area contributed by atoms with Crippen LogP contribution in [0.1, 0.15) is 149 Å². The monoisotopic (exact) mass is 807 g/mol. The number of phosphoric acid groups is 1. The quantitative estimate of drug-likeness (QED) is 0.0238. The maximum atomic E-state index is 12.6. The number of esters is 2. The van der Waals surface area contributed by atoms with Gasteiger partial charge in [-0.3, -0.25) is 18.6 Å². The molecule has 11 heteroatoms. The second kappa shape index (κ2) is 40.4. The summed E-state index contributed by atoms with van der Waals surface area (Å²) in [5.74, 6) is -1.04. The molecule has 1 unspecified atom stereocenters. The highest BCUT2D eigenvalue weighted by atomic mass is 31.2. The van der Waals surface area contributed by atoms with E-state index >= 15 is 0 Å². The number of hydrogen-bond acceptors (Lipinski definition) is 9. The average molecular weight is 807 g/mol. The molecule has 0 radical (unpaired) electrons. The first kappa shape index (κ1) is 53.1. The summed E-state index contributed by atoms with van der Waals surface area (Å²) in [5, 5.41) is 18.3. The van der Waals surface area contributed by atoms with Crippen molar-refractivity contribution in [3.63, 3.8) is 0 Å². The zero-order chi connectivity index (χ0) is 41.2. The summed E-state index contributed by atoms with van der Waals surface area (Å²) in [6, 6.07) is 0. The zero-order valence-corrected chi connectivity index (χ0v) is 35.5. The van der Waals surface area contributed by atoms with E-state index in [0.29, 0.717) is 12.8 Å². The minimum atomic E-state index is -4.64. The average Bonchev–Trinajstić information content (AvgIpc) is 3.19. The second-order valence-electron chi connectivity index (χ2n) is 13.6. The summed E-state index contributed by atoms with van der Waals surface area (Å²) in [6.07, 6.45) is 47.1. The van der Waals surface area contributed by atoms with Crippen molar-refractivity contribution in [3.8, 4) is 0 Å². The molecule has 0 aliphatic carbocycles. The zero-order valence-electron chi connectivity index (χ0n) is 34.6. The minimum absolute atomic E-state index is 0.110. The van der Waals surface area contributed by atoms with E-state index in [1.165, 1.54) is 32.1 Å². The number of carbonyl (C=O) groups excluding carboxylic acids is 2. The topological polar surface area (TPSA) is 149 Å². The highest BCUT2D eigenvalue weighted by Crippen LogP contribution is 2.43. The van der Waals surface area contributed by atoms with Crippen LogP contribution >= 0.6 is 7.82 Å². The summed E-state index contributed by atoms with van der Waals surface area (Å²) in [4.78, 5) is 34.9. The molecular formula is C45H75O10P. The van der Waals surface area contributed by atoms with Gasteiger partial charge in [-0.2, -0.15) is 0 Å². The number of ether oxygens (including phenoxy) is 2. The van der Waals surface area contributed by atoms with Crippen molar-refractivity contribution in [3.05, 3.63) is 85.1 Å². The first-order valence-electron chi connectivity index (χ1n) is 21.0. The van der Waals surface area contributed by atoms with Crippen LogP contribution in [0.3, 0.4) is 0 Å². The van der Waals surface area contributed by atoms with Gasteiger partial charge in [0.2, 0.25) is 0 Å². The van der Waals surface area contributed by atoms with E-state index < -0.39 is 51.8 Å². The molecular weight excluding hydrogens is 731 g/mol. The lowest BCUT2D eigenvalue weighted by atomic mass is 10.1. The Morgan fingerprint density at radius 2 is 1.02 bits per heavy atom. The third kappa shape index (κ3) is 39.4. The number of allylic oxidation sites excluding steroid dienone is 14. The van der Waals surface area contributed by atoms with E-state index in [1.54, 1.807) is 0 Å². The van der Waals surface area contributed by atoms with Crippen LogP contribution < -0.4 is 0 Å². The van der Waals surface area contributed by atoms with Crippen LogP contribution in [0.25, 0.3) is 0 Å². The summed E-state index contributed by atoms with van der Waals surface area (Å²) in [7, 11) is -4.64. The lowest BCUT2D eigenvalue weighted by molar-refractivity contribution is -0.161. The van der Waals surface area contributed by atoms with Crippen LogP contribution in [-0.2, 0) is 32.7 Å². The van der Waals surface area contributed by atoms with Crippen LogP contribution in [0.5, 0.6) is 0 Å². The summed E-state index contributed by atoms with van der Waals surface area (Å²) >= 11 is 0. The molecule has 0 spiro atoms. The molecule has 10 nitrogen and oxygen atoms in total. The van der Waals surface area contributed by atoms with Gasteiger partial charge < -0.3 is 24.6 Å². The van der Waals surface area contributed by atoms with Crippen LogP contribution in [0, 0.1) is 0 Å². The Bertz CT molecular complexity index is 1200. The summed E-state index contributed by atoms with van der Waals surface area (Å²) in [5.41, 5.74) is 0. The van der Waals surface area contributed by atoms with Gasteiger partial charge in [0.1, 0.15) is 12.7 Å². The Morgan fingerprint density at radius 1 is 0.554 bits per heavy atom. The van der Waals surface area contributed by atoms with Gasteiger partial charge in [0.25, 0.3) is 0 Å². The molecule has 0 aliphatic heterocycles. The Hall–Kier alpha value is -2.85. The number of aliphatic hydroxyl groups is 2. The fourth-order valence-corrected chi connectivity index (χ4v) is 5.86. The Morgan fingerprint density at radius 3 is 1.55 bits per heavy atom. The first-order valence-corrected chi connectivity index (χ1v) is 22.5. The summed E-state index contributed by atoms with van der Waals surface area (Å²) < 4.78 is 32.6. The van der Waals surface area contributed by atoms with Crippen LogP contribution in [-0.4, -0.2) is 65.7 Å². The normalized spacial score (nSPS) is 14.7. The highest BCUT2D eigenvalue weighted by molar-refractivity contribution is 7.47. The molecule has 0 fully saturated rings. The maximum absolute atomic E-state index is 12.6. The molecule has 320 valence electrons. The van der Waals surface area contributed by atoms with Gasteiger partial charge in [0, 0.05) is 12.8 Å². The van der Waals surface area contributed by atoms with E-state index in [0.717, 1.165) is 77.0 Å². The van der Waals surface area contributed by atoms with Crippen molar-refractivity contribution in [2.24, 2.45) is 0 Å². The lowest BCUT2D eigenvalue weighted by Gasteiger charge is -2.20. The molecule has 0 bridgehead atoms. The molecule has 0 aromatic carbocycles. The molecule has 0 amide bonds. The number of unbranched alkanes of at least 4 members (excludes halogenated alkanes) is 10. The van der Waals surface area contributed by atoms with Gasteiger partial charge in [0.05, 0.1) is 19.8 Å². The standard InChI is InChI=1S/C45H75O10P/c1-3-5-7-9-11-13-15-17-19-20-21-22-23-25-26-28-30-32-34-36-44(48)52-40-43(41-54-56(50,51)53-39-42(47)38-46)55-45(49)37-35-33-31-29-27-24-18-16-14-12-10-8-6-4-2/h5,7,11,13,16-19,21-22,25-26,30,32,42-43,46-47H,3-4,6,8-10,12,14-15,20,23-24,27-29,31,33-41H2,1-2H3,(H,50,51)/b7-5+,13-11+,18-16+,19-17+,22-21+,26-25+,32-30+/t42-,43+/m1/s1. The van der Waals surface area contributed by atoms with E-state index in [1.807, 2.05) is 12.2 Å². The molecule has 0 aromatic rings. The molecule has 0 heterocycles. The smallest absolute Gasteiger partial charge is 0.462 e. The molecule has 0 saturated heterocycles. The molecule has 56 heavy (non-hydrogen) atoms. The van der Waals surface area contributed by atoms with E-state index in [-0.39, 0.29) is 19.4 Å². The number of rotatable bonds is 38. The van der Waals surface area contributed by atoms with Gasteiger partial charge in [-0.05, 0) is 77.0 Å². The van der Waals surface area contributed by atoms with Crippen LogP contribution in [0.15, 0.2) is 85.1 Å². The predicted molar refractivity (Wildman–Crippen MR) is 228 cm³/mol. The van der Waals surface area contributed by atoms with Crippen molar-refractivity contribution < 1.29 is 47.8 Å². The minimum Gasteiger partial charge on any atom is -0.462 e. The van der Waals surface area contributed by atoms with Crippen molar-refractivity contribution in [1.29, 1.82) is 0 Å². The fraction of sp³-hybridized carbons (Fsp3) is 0.644. The Balaban J connectivity index is 4.46. The van der Waals surface area contributed by atoms with Crippen molar-refractivity contribution in [2.75, 3.05) is 26.4 Å². The van der Waals surface area contributed by atoms with Gasteiger partial charge in [-0.25, -0.2) is 4.57 Å². The predicted octanol–water partition coefficient (Wildman–Crippen LogP) is 11.1. The van der Waals surface area contributed by atoms with Gasteiger partial charge in [-0.1, -0.05) is 144 Å². The number of hydrogen-bond donors (Lipinski definition) is 3. The highest BCUT2D eigenvalue weighted by Gasteiger charge is 2.27. The number of phosphoric ester groups is 1. The van der Waals surface area contributed by atoms with E-state index in [9.17, 15) is 24.2 Å². The SMILES string of the molecule is CC/C=C/C/C=C/C/C=C/C/C=C/C/C=C/C/C=C/CCC(=O)OC[C@@H](COP(=O)(O)OC[C@H](O)CO)OC(=O)CCCCCCC/C=C/CCCCCCC. The Labute approximate surface area is 339 Å². The third-order valence-electron chi connectivity index (χ3n) is 8.30. The first-order chi connectivity index (χ1) is 27.2. The second-order valence-corrected chi connectivity index (χ2v) is 15.1. The van der Waals surface area contributed by atoms with Crippen molar-refractivity contribution >= 4 is 19.8 Å². The molecule has 3 atom stereocenters.